The number of rotatable bonds is 6. The zero-order chi connectivity index (χ0) is 14.4. The van der Waals surface area contributed by atoms with Crippen molar-refractivity contribution in [1.29, 1.82) is 0 Å². The highest BCUT2D eigenvalue weighted by molar-refractivity contribution is 5.41. The van der Waals surface area contributed by atoms with Crippen molar-refractivity contribution in [3.05, 3.63) is 36.4 Å². The van der Waals surface area contributed by atoms with Gasteiger partial charge in [-0.2, -0.15) is 0 Å². The van der Waals surface area contributed by atoms with E-state index >= 15 is 0 Å². The van der Waals surface area contributed by atoms with Crippen molar-refractivity contribution in [1.82, 2.24) is 10.2 Å². The SMILES string of the molecule is C=CCC[C@@H](c1cc(OC)ccc1O)N1CCNCC1. The fourth-order valence-electron chi connectivity index (χ4n) is 2.73. The van der Waals surface area contributed by atoms with E-state index in [1.54, 1.807) is 19.2 Å². The van der Waals surface area contributed by atoms with Crippen LogP contribution in [0.4, 0.5) is 0 Å². The minimum absolute atomic E-state index is 0.213. The van der Waals surface area contributed by atoms with Gasteiger partial charge in [-0.05, 0) is 31.0 Å². The molecule has 0 aliphatic carbocycles. The van der Waals surface area contributed by atoms with Crippen LogP contribution in [0.25, 0.3) is 0 Å². The molecule has 1 atom stereocenters. The fraction of sp³-hybridized carbons (Fsp3) is 0.500. The average molecular weight is 276 g/mol. The molecule has 0 saturated carbocycles. The molecule has 1 aromatic rings. The summed E-state index contributed by atoms with van der Waals surface area (Å²) in [7, 11) is 1.65. The van der Waals surface area contributed by atoms with Crippen LogP contribution in [0.2, 0.25) is 0 Å². The Morgan fingerprint density at radius 2 is 2.20 bits per heavy atom. The van der Waals surface area contributed by atoms with Crippen LogP contribution in [0.15, 0.2) is 30.9 Å². The van der Waals surface area contributed by atoms with E-state index in [4.69, 9.17) is 4.74 Å². The minimum atomic E-state index is 0.213. The highest BCUT2D eigenvalue weighted by Gasteiger charge is 2.24. The molecule has 1 aliphatic heterocycles. The van der Waals surface area contributed by atoms with Gasteiger partial charge in [0.15, 0.2) is 0 Å². The molecule has 0 aromatic heterocycles. The smallest absolute Gasteiger partial charge is 0.120 e. The second-order valence-electron chi connectivity index (χ2n) is 5.09. The maximum absolute atomic E-state index is 10.2. The number of phenols is 1. The Balaban J connectivity index is 2.26. The van der Waals surface area contributed by atoms with Gasteiger partial charge in [0.25, 0.3) is 0 Å². The Morgan fingerprint density at radius 1 is 1.45 bits per heavy atom. The molecule has 4 nitrogen and oxygen atoms in total. The lowest BCUT2D eigenvalue weighted by Crippen LogP contribution is -2.45. The first kappa shape index (κ1) is 14.9. The zero-order valence-electron chi connectivity index (χ0n) is 12.1. The molecule has 0 bridgehead atoms. The summed E-state index contributed by atoms with van der Waals surface area (Å²) in [6, 6.07) is 5.68. The van der Waals surface area contributed by atoms with Crippen LogP contribution in [0.5, 0.6) is 11.5 Å². The summed E-state index contributed by atoms with van der Waals surface area (Å²) in [4.78, 5) is 2.43. The molecule has 1 saturated heterocycles. The van der Waals surface area contributed by atoms with Crippen molar-refractivity contribution in [3.8, 4) is 11.5 Å². The van der Waals surface area contributed by atoms with E-state index < -0.39 is 0 Å². The monoisotopic (exact) mass is 276 g/mol. The Morgan fingerprint density at radius 3 is 2.85 bits per heavy atom. The van der Waals surface area contributed by atoms with Crippen molar-refractivity contribution in [2.45, 2.75) is 18.9 Å². The molecule has 1 fully saturated rings. The second-order valence-corrected chi connectivity index (χ2v) is 5.09. The third kappa shape index (κ3) is 3.52. The van der Waals surface area contributed by atoms with Crippen LogP contribution < -0.4 is 10.1 Å². The number of benzene rings is 1. The molecule has 1 aliphatic rings. The fourth-order valence-corrected chi connectivity index (χ4v) is 2.73. The highest BCUT2D eigenvalue weighted by atomic mass is 16.5. The van der Waals surface area contributed by atoms with Gasteiger partial charge in [-0.1, -0.05) is 6.08 Å². The van der Waals surface area contributed by atoms with Crippen LogP contribution in [0, 0.1) is 0 Å². The van der Waals surface area contributed by atoms with Crippen LogP contribution in [-0.2, 0) is 0 Å². The Labute approximate surface area is 121 Å². The predicted molar refractivity (Wildman–Crippen MR) is 81.3 cm³/mol. The number of nitrogens with zero attached hydrogens (tertiary/aromatic N) is 1. The van der Waals surface area contributed by atoms with E-state index in [9.17, 15) is 5.11 Å². The van der Waals surface area contributed by atoms with E-state index in [2.05, 4.69) is 16.8 Å². The van der Waals surface area contributed by atoms with E-state index in [0.29, 0.717) is 5.75 Å². The number of ether oxygens (including phenoxy) is 1. The molecule has 0 amide bonds. The predicted octanol–water partition coefficient (Wildman–Crippen LogP) is 2.31. The largest absolute Gasteiger partial charge is 0.508 e. The minimum Gasteiger partial charge on any atom is -0.508 e. The van der Waals surface area contributed by atoms with Crippen LogP contribution in [0.3, 0.4) is 0 Å². The molecule has 110 valence electrons. The molecule has 20 heavy (non-hydrogen) atoms. The standard InChI is InChI=1S/C16H24N2O2/c1-3-4-5-15(18-10-8-17-9-11-18)14-12-13(20-2)6-7-16(14)19/h3,6-7,12,15,17,19H,1,4-5,8-11H2,2H3/t15-/m0/s1. The summed E-state index contributed by atoms with van der Waals surface area (Å²) in [5.74, 6) is 1.13. The summed E-state index contributed by atoms with van der Waals surface area (Å²) in [6.45, 7) is 7.80. The molecule has 0 unspecified atom stereocenters. The van der Waals surface area contributed by atoms with E-state index in [0.717, 1.165) is 50.3 Å². The second kappa shape index (κ2) is 7.31. The number of hydrogen-bond acceptors (Lipinski definition) is 4. The van der Waals surface area contributed by atoms with Crippen LogP contribution in [0.1, 0.15) is 24.4 Å². The van der Waals surface area contributed by atoms with Gasteiger partial charge in [0, 0.05) is 37.8 Å². The number of aromatic hydroxyl groups is 1. The first-order valence-corrected chi connectivity index (χ1v) is 7.19. The van der Waals surface area contributed by atoms with E-state index in [1.807, 2.05) is 12.1 Å². The molecule has 0 spiro atoms. The molecule has 1 aromatic carbocycles. The molecule has 1 heterocycles. The first-order chi connectivity index (χ1) is 9.76. The van der Waals surface area contributed by atoms with Gasteiger partial charge >= 0.3 is 0 Å². The van der Waals surface area contributed by atoms with Gasteiger partial charge in [0.05, 0.1) is 7.11 Å². The third-order valence-electron chi connectivity index (χ3n) is 3.83. The summed E-state index contributed by atoms with van der Waals surface area (Å²) < 4.78 is 5.29. The van der Waals surface area contributed by atoms with Crippen molar-refractivity contribution < 1.29 is 9.84 Å². The summed E-state index contributed by atoms with van der Waals surface area (Å²) in [5.41, 5.74) is 0.952. The number of piperazine rings is 1. The van der Waals surface area contributed by atoms with Crippen molar-refractivity contribution in [2.75, 3.05) is 33.3 Å². The van der Waals surface area contributed by atoms with Crippen molar-refractivity contribution in [3.63, 3.8) is 0 Å². The van der Waals surface area contributed by atoms with E-state index in [-0.39, 0.29) is 6.04 Å². The summed E-state index contributed by atoms with van der Waals surface area (Å²) in [6.07, 6.45) is 3.84. The van der Waals surface area contributed by atoms with Gasteiger partial charge in [-0.15, -0.1) is 6.58 Å². The summed E-state index contributed by atoms with van der Waals surface area (Å²) >= 11 is 0. The van der Waals surface area contributed by atoms with Gasteiger partial charge in [0.2, 0.25) is 0 Å². The topological polar surface area (TPSA) is 44.7 Å². The maximum atomic E-state index is 10.2. The number of methoxy groups -OCH3 is 1. The molecule has 2 N–H and O–H groups in total. The van der Waals surface area contributed by atoms with Gasteiger partial charge in [-0.3, -0.25) is 4.90 Å². The molecule has 2 rings (SSSR count). The average Bonchev–Trinajstić information content (AvgIpc) is 2.50. The van der Waals surface area contributed by atoms with Gasteiger partial charge < -0.3 is 15.2 Å². The lowest BCUT2D eigenvalue weighted by atomic mass is 9.98. The zero-order valence-corrected chi connectivity index (χ0v) is 12.1. The highest BCUT2D eigenvalue weighted by Crippen LogP contribution is 2.35. The van der Waals surface area contributed by atoms with Crippen LogP contribution in [-0.4, -0.2) is 43.3 Å². The lowest BCUT2D eigenvalue weighted by Gasteiger charge is -2.35. The summed E-state index contributed by atoms with van der Waals surface area (Å²) in [5, 5.41) is 13.6. The molecular formula is C16H24N2O2. The normalized spacial score (nSPS) is 17.6. The number of phenolic OH excluding ortho intramolecular Hbond substituents is 1. The Bertz CT molecular complexity index is 442. The molecular weight excluding hydrogens is 252 g/mol. The van der Waals surface area contributed by atoms with Crippen LogP contribution >= 0.6 is 0 Å². The van der Waals surface area contributed by atoms with Crippen molar-refractivity contribution in [2.24, 2.45) is 0 Å². The number of allylic oxidation sites excluding steroid dienone is 1. The number of hydrogen-bond donors (Lipinski definition) is 2. The Hall–Kier alpha value is -1.52. The van der Waals surface area contributed by atoms with Gasteiger partial charge in [0.1, 0.15) is 11.5 Å². The molecule has 0 radical (unpaired) electrons. The quantitative estimate of drug-likeness (QED) is 0.783. The lowest BCUT2D eigenvalue weighted by molar-refractivity contribution is 0.163. The van der Waals surface area contributed by atoms with Gasteiger partial charge in [-0.25, -0.2) is 0 Å². The first-order valence-electron chi connectivity index (χ1n) is 7.19. The van der Waals surface area contributed by atoms with E-state index in [1.165, 1.54) is 0 Å². The third-order valence-corrected chi connectivity index (χ3v) is 3.83. The van der Waals surface area contributed by atoms with Crippen molar-refractivity contribution >= 4 is 0 Å². The number of nitrogens with one attached hydrogen (secondary N) is 1. The Kier molecular flexibility index (Phi) is 5.44. The molecule has 4 heteroatoms. The maximum Gasteiger partial charge on any atom is 0.120 e.